The minimum Gasteiger partial charge on any atom is -0.375 e. The van der Waals surface area contributed by atoms with E-state index in [9.17, 15) is 0 Å². The largest absolute Gasteiger partial charge is 0.375 e. The second kappa shape index (κ2) is 5.52. The van der Waals surface area contributed by atoms with Crippen LogP contribution in [0.15, 0.2) is 12.7 Å². The van der Waals surface area contributed by atoms with Gasteiger partial charge in [0.1, 0.15) is 5.60 Å². The SMILES string of the molecule is C=CC(C)CCOC1(CCC)COC1. The molecule has 0 aromatic heterocycles. The topological polar surface area (TPSA) is 18.5 Å². The summed E-state index contributed by atoms with van der Waals surface area (Å²) < 4.78 is 11.1. The molecule has 1 aliphatic rings. The molecule has 0 amide bonds. The van der Waals surface area contributed by atoms with Gasteiger partial charge in [0.05, 0.1) is 13.2 Å². The summed E-state index contributed by atoms with van der Waals surface area (Å²) in [5.41, 5.74) is 0.0512. The van der Waals surface area contributed by atoms with Crippen molar-refractivity contribution in [3.05, 3.63) is 12.7 Å². The molecule has 0 aliphatic carbocycles. The molecule has 2 heteroatoms. The summed E-state index contributed by atoms with van der Waals surface area (Å²) in [6.45, 7) is 10.5. The third kappa shape index (κ3) is 3.10. The van der Waals surface area contributed by atoms with Crippen LogP contribution in [-0.4, -0.2) is 25.4 Å². The molecule has 1 aliphatic heterocycles. The number of hydrogen-bond donors (Lipinski definition) is 0. The lowest BCUT2D eigenvalue weighted by atomic mass is 9.96. The van der Waals surface area contributed by atoms with E-state index < -0.39 is 0 Å². The highest BCUT2D eigenvalue weighted by Crippen LogP contribution is 2.27. The normalized spacial score (nSPS) is 21.3. The minimum atomic E-state index is 0.0512. The van der Waals surface area contributed by atoms with Gasteiger partial charge in [-0.2, -0.15) is 0 Å². The summed E-state index contributed by atoms with van der Waals surface area (Å²) in [5, 5.41) is 0. The first-order chi connectivity index (χ1) is 6.72. The fourth-order valence-electron chi connectivity index (χ4n) is 1.66. The van der Waals surface area contributed by atoms with Crippen molar-refractivity contribution in [2.45, 2.75) is 38.7 Å². The third-order valence-corrected chi connectivity index (χ3v) is 2.82. The molecule has 0 spiro atoms. The first-order valence-corrected chi connectivity index (χ1v) is 5.57. The Morgan fingerprint density at radius 3 is 2.71 bits per heavy atom. The van der Waals surface area contributed by atoms with E-state index in [1.54, 1.807) is 0 Å². The van der Waals surface area contributed by atoms with Gasteiger partial charge in [-0.05, 0) is 18.8 Å². The van der Waals surface area contributed by atoms with Crippen molar-refractivity contribution >= 4 is 0 Å². The second-order valence-corrected chi connectivity index (χ2v) is 4.28. The molecule has 1 heterocycles. The first kappa shape index (κ1) is 11.7. The van der Waals surface area contributed by atoms with Crippen LogP contribution in [-0.2, 0) is 9.47 Å². The van der Waals surface area contributed by atoms with Gasteiger partial charge in [-0.1, -0.05) is 26.3 Å². The Morgan fingerprint density at radius 2 is 2.29 bits per heavy atom. The maximum Gasteiger partial charge on any atom is 0.115 e. The van der Waals surface area contributed by atoms with E-state index in [1.165, 1.54) is 6.42 Å². The van der Waals surface area contributed by atoms with E-state index >= 15 is 0 Å². The fourth-order valence-corrected chi connectivity index (χ4v) is 1.66. The fraction of sp³-hybridized carbons (Fsp3) is 0.833. The van der Waals surface area contributed by atoms with Crippen molar-refractivity contribution in [2.24, 2.45) is 5.92 Å². The molecular weight excluding hydrogens is 176 g/mol. The summed E-state index contributed by atoms with van der Waals surface area (Å²) in [6.07, 6.45) is 5.33. The van der Waals surface area contributed by atoms with Gasteiger partial charge >= 0.3 is 0 Å². The molecule has 1 atom stereocenters. The minimum absolute atomic E-state index is 0.0512. The Kier molecular flexibility index (Phi) is 4.63. The lowest BCUT2D eigenvalue weighted by Gasteiger charge is -2.41. The highest BCUT2D eigenvalue weighted by atomic mass is 16.6. The molecule has 82 valence electrons. The Hall–Kier alpha value is -0.340. The molecule has 0 radical (unpaired) electrons. The molecule has 0 bridgehead atoms. The highest BCUT2D eigenvalue weighted by molar-refractivity contribution is 4.87. The van der Waals surface area contributed by atoms with Gasteiger partial charge in [0, 0.05) is 6.61 Å². The maximum atomic E-state index is 5.91. The van der Waals surface area contributed by atoms with Gasteiger partial charge in [-0.15, -0.1) is 6.58 Å². The van der Waals surface area contributed by atoms with Gasteiger partial charge in [-0.3, -0.25) is 0 Å². The maximum absolute atomic E-state index is 5.91. The summed E-state index contributed by atoms with van der Waals surface area (Å²) in [5.74, 6) is 0.551. The van der Waals surface area contributed by atoms with Gasteiger partial charge in [-0.25, -0.2) is 0 Å². The van der Waals surface area contributed by atoms with Crippen LogP contribution in [0.25, 0.3) is 0 Å². The van der Waals surface area contributed by atoms with Crippen molar-refractivity contribution in [3.8, 4) is 0 Å². The van der Waals surface area contributed by atoms with E-state index in [2.05, 4.69) is 20.4 Å². The summed E-state index contributed by atoms with van der Waals surface area (Å²) in [4.78, 5) is 0. The molecule has 1 rings (SSSR count). The third-order valence-electron chi connectivity index (χ3n) is 2.82. The van der Waals surface area contributed by atoms with Gasteiger partial charge in [0.2, 0.25) is 0 Å². The standard InChI is InChI=1S/C12H22O2/c1-4-7-12(9-13-10-12)14-8-6-11(3)5-2/h5,11H,2,4,6-10H2,1,3H3. The van der Waals surface area contributed by atoms with Crippen molar-refractivity contribution in [1.82, 2.24) is 0 Å². The molecular formula is C12H22O2. The van der Waals surface area contributed by atoms with Crippen LogP contribution in [0.1, 0.15) is 33.1 Å². The summed E-state index contributed by atoms with van der Waals surface area (Å²) in [7, 11) is 0. The predicted molar refractivity (Wildman–Crippen MR) is 58.4 cm³/mol. The molecule has 14 heavy (non-hydrogen) atoms. The van der Waals surface area contributed by atoms with E-state index in [0.29, 0.717) is 5.92 Å². The van der Waals surface area contributed by atoms with Crippen LogP contribution >= 0.6 is 0 Å². The van der Waals surface area contributed by atoms with Gasteiger partial charge in [0.25, 0.3) is 0 Å². The van der Waals surface area contributed by atoms with Crippen LogP contribution < -0.4 is 0 Å². The van der Waals surface area contributed by atoms with Crippen LogP contribution in [0.5, 0.6) is 0 Å². The second-order valence-electron chi connectivity index (χ2n) is 4.28. The number of hydrogen-bond acceptors (Lipinski definition) is 2. The zero-order chi connectivity index (χ0) is 10.4. The van der Waals surface area contributed by atoms with Crippen LogP contribution in [0.4, 0.5) is 0 Å². The predicted octanol–water partition coefficient (Wildman–Crippen LogP) is 2.78. The quantitative estimate of drug-likeness (QED) is 0.586. The number of ether oxygens (including phenoxy) is 2. The van der Waals surface area contributed by atoms with Crippen molar-refractivity contribution in [1.29, 1.82) is 0 Å². The molecule has 1 unspecified atom stereocenters. The molecule has 0 aromatic rings. The van der Waals surface area contributed by atoms with E-state index in [0.717, 1.165) is 32.7 Å². The Bertz CT molecular complexity index is 173. The van der Waals surface area contributed by atoms with Crippen molar-refractivity contribution < 1.29 is 9.47 Å². The van der Waals surface area contributed by atoms with Crippen molar-refractivity contribution in [3.63, 3.8) is 0 Å². The Balaban J connectivity index is 2.17. The summed E-state index contributed by atoms with van der Waals surface area (Å²) >= 11 is 0. The van der Waals surface area contributed by atoms with Crippen LogP contribution in [0.3, 0.4) is 0 Å². The molecule has 0 aromatic carbocycles. The zero-order valence-corrected chi connectivity index (χ0v) is 9.42. The monoisotopic (exact) mass is 198 g/mol. The lowest BCUT2D eigenvalue weighted by Crippen LogP contribution is -2.52. The van der Waals surface area contributed by atoms with Gasteiger partial charge < -0.3 is 9.47 Å². The lowest BCUT2D eigenvalue weighted by molar-refractivity contribution is -0.213. The van der Waals surface area contributed by atoms with E-state index in [1.807, 2.05) is 6.08 Å². The Labute approximate surface area is 87.3 Å². The van der Waals surface area contributed by atoms with Crippen molar-refractivity contribution in [2.75, 3.05) is 19.8 Å². The molecule has 2 nitrogen and oxygen atoms in total. The average Bonchev–Trinajstić information content (AvgIpc) is 2.13. The molecule has 0 saturated carbocycles. The summed E-state index contributed by atoms with van der Waals surface area (Å²) in [6, 6.07) is 0. The highest BCUT2D eigenvalue weighted by Gasteiger charge is 2.38. The van der Waals surface area contributed by atoms with Crippen LogP contribution in [0.2, 0.25) is 0 Å². The smallest absolute Gasteiger partial charge is 0.115 e. The van der Waals surface area contributed by atoms with Crippen LogP contribution in [0, 0.1) is 5.92 Å². The molecule has 0 N–H and O–H groups in total. The average molecular weight is 198 g/mol. The Morgan fingerprint density at radius 1 is 1.57 bits per heavy atom. The number of rotatable bonds is 7. The molecule has 1 saturated heterocycles. The number of allylic oxidation sites excluding steroid dienone is 1. The molecule has 1 fully saturated rings. The van der Waals surface area contributed by atoms with E-state index in [4.69, 9.17) is 9.47 Å². The van der Waals surface area contributed by atoms with Gasteiger partial charge in [0.15, 0.2) is 0 Å². The zero-order valence-electron chi connectivity index (χ0n) is 9.42. The van der Waals surface area contributed by atoms with E-state index in [-0.39, 0.29) is 5.60 Å². The first-order valence-electron chi connectivity index (χ1n) is 5.57.